The van der Waals surface area contributed by atoms with E-state index in [1.54, 1.807) is 35.0 Å². The molecular formula is C11H12N8. The number of nitrogens with one attached hydrogen (secondary N) is 1. The van der Waals surface area contributed by atoms with Gasteiger partial charge in [0.05, 0.1) is 5.69 Å². The van der Waals surface area contributed by atoms with Gasteiger partial charge in [-0.3, -0.25) is 4.57 Å². The topological polar surface area (TPSA) is 86.3 Å². The fraction of sp³-hybridized carbons (Fsp3) is 0.182. The van der Waals surface area contributed by atoms with Crippen LogP contribution in [0.15, 0.2) is 31.0 Å². The third-order valence-electron chi connectivity index (χ3n) is 2.50. The molecule has 0 unspecified atom stereocenters. The van der Waals surface area contributed by atoms with Crippen molar-refractivity contribution in [2.45, 2.75) is 6.92 Å². The fourth-order valence-corrected chi connectivity index (χ4v) is 1.59. The summed E-state index contributed by atoms with van der Waals surface area (Å²) in [5.41, 5.74) is 0.899. The van der Waals surface area contributed by atoms with Gasteiger partial charge in [0.25, 0.3) is 5.95 Å². The van der Waals surface area contributed by atoms with Gasteiger partial charge in [0.1, 0.15) is 6.33 Å². The Morgan fingerprint density at radius 2 is 1.95 bits per heavy atom. The highest BCUT2D eigenvalue weighted by atomic mass is 15.4. The van der Waals surface area contributed by atoms with Crippen LogP contribution < -0.4 is 5.32 Å². The van der Waals surface area contributed by atoms with E-state index in [0.717, 1.165) is 5.69 Å². The summed E-state index contributed by atoms with van der Waals surface area (Å²) < 4.78 is 3.32. The highest BCUT2D eigenvalue weighted by Crippen LogP contribution is 2.08. The Labute approximate surface area is 109 Å². The zero-order chi connectivity index (χ0) is 13.2. The highest BCUT2D eigenvalue weighted by molar-refractivity contribution is 5.32. The molecule has 3 aromatic heterocycles. The van der Waals surface area contributed by atoms with Gasteiger partial charge >= 0.3 is 0 Å². The summed E-state index contributed by atoms with van der Waals surface area (Å²) in [6.07, 6.45) is 6.88. The van der Waals surface area contributed by atoms with Gasteiger partial charge < -0.3 is 5.32 Å². The number of nitrogens with zero attached hydrogens (tertiary/aromatic N) is 7. The maximum absolute atomic E-state index is 4.37. The van der Waals surface area contributed by atoms with Crippen molar-refractivity contribution in [2.75, 3.05) is 12.4 Å². The molecule has 0 aromatic carbocycles. The number of rotatable bonds is 3. The van der Waals surface area contributed by atoms with Gasteiger partial charge in [-0.25, -0.2) is 9.67 Å². The molecule has 0 aliphatic rings. The minimum Gasteiger partial charge on any atom is -0.357 e. The van der Waals surface area contributed by atoms with E-state index in [1.165, 1.54) is 0 Å². The van der Waals surface area contributed by atoms with Gasteiger partial charge in [-0.15, -0.1) is 0 Å². The molecule has 0 radical (unpaired) electrons. The molecule has 0 fully saturated rings. The Hall–Kier alpha value is -2.77. The van der Waals surface area contributed by atoms with Gasteiger partial charge in [0.15, 0.2) is 0 Å². The van der Waals surface area contributed by atoms with E-state index >= 15 is 0 Å². The van der Waals surface area contributed by atoms with Crippen LogP contribution in [0.2, 0.25) is 0 Å². The van der Waals surface area contributed by atoms with E-state index in [4.69, 9.17) is 0 Å². The molecule has 0 saturated carbocycles. The van der Waals surface area contributed by atoms with Crippen LogP contribution in [0.25, 0.3) is 11.9 Å². The monoisotopic (exact) mass is 256 g/mol. The maximum Gasteiger partial charge on any atom is 0.257 e. The van der Waals surface area contributed by atoms with Crippen molar-refractivity contribution in [3.8, 4) is 11.9 Å². The Bertz CT molecular complexity index is 685. The maximum atomic E-state index is 4.37. The van der Waals surface area contributed by atoms with E-state index in [0.29, 0.717) is 17.8 Å². The van der Waals surface area contributed by atoms with Crippen LogP contribution in [0.5, 0.6) is 0 Å². The second-order valence-corrected chi connectivity index (χ2v) is 3.88. The van der Waals surface area contributed by atoms with Crippen molar-refractivity contribution in [3.63, 3.8) is 0 Å². The number of hydrogen-bond donors (Lipinski definition) is 1. The number of anilines is 1. The molecule has 0 atom stereocenters. The number of aryl methyl sites for hydroxylation is 1. The molecule has 19 heavy (non-hydrogen) atoms. The third kappa shape index (κ3) is 2.15. The number of hydrogen-bond acceptors (Lipinski definition) is 6. The van der Waals surface area contributed by atoms with Gasteiger partial charge in [0.2, 0.25) is 11.9 Å². The third-order valence-corrected chi connectivity index (χ3v) is 2.50. The van der Waals surface area contributed by atoms with Crippen molar-refractivity contribution in [1.82, 2.24) is 34.3 Å². The second kappa shape index (κ2) is 4.48. The van der Waals surface area contributed by atoms with Gasteiger partial charge in [-0.1, -0.05) is 0 Å². The Kier molecular flexibility index (Phi) is 2.67. The summed E-state index contributed by atoms with van der Waals surface area (Å²) in [6, 6.07) is 1.89. The van der Waals surface area contributed by atoms with Crippen LogP contribution in [0.4, 0.5) is 5.95 Å². The molecule has 3 rings (SSSR count). The molecule has 3 heterocycles. The lowest BCUT2D eigenvalue weighted by Crippen LogP contribution is -2.11. The first-order valence-corrected chi connectivity index (χ1v) is 5.71. The molecule has 0 amide bonds. The standard InChI is InChI=1S/C11H12N8/c1-8-3-5-19(17-8)11-15-9(12-2)14-10(16-11)18-6-4-13-7-18/h3-7H,1-2H3,(H,12,14,15,16). The lowest BCUT2D eigenvalue weighted by molar-refractivity contribution is 0.769. The van der Waals surface area contributed by atoms with Crippen LogP contribution >= 0.6 is 0 Å². The largest absolute Gasteiger partial charge is 0.357 e. The Morgan fingerprint density at radius 1 is 1.11 bits per heavy atom. The van der Waals surface area contributed by atoms with E-state index < -0.39 is 0 Å². The van der Waals surface area contributed by atoms with Crippen molar-refractivity contribution in [2.24, 2.45) is 0 Å². The van der Waals surface area contributed by atoms with Crippen molar-refractivity contribution in [3.05, 3.63) is 36.7 Å². The lowest BCUT2D eigenvalue weighted by Gasteiger charge is -2.06. The quantitative estimate of drug-likeness (QED) is 0.738. The molecule has 0 spiro atoms. The molecule has 0 bridgehead atoms. The second-order valence-electron chi connectivity index (χ2n) is 3.88. The van der Waals surface area contributed by atoms with Crippen LogP contribution in [0.3, 0.4) is 0 Å². The van der Waals surface area contributed by atoms with Crippen LogP contribution in [0.1, 0.15) is 5.69 Å². The SMILES string of the molecule is CNc1nc(-n2ccnc2)nc(-n2ccc(C)n2)n1. The van der Waals surface area contributed by atoms with Crippen molar-refractivity contribution >= 4 is 5.95 Å². The van der Waals surface area contributed by atoms with E-state index in [9.17, 15) is 0 Å². The summed E-state index contributed by atoms with van der Waals surface area (Å²) in [6.45, 7) is 1.91. The molecule has 0 aliphatic carbocycles. The van der Waals surface area contributed by atoms with Gasteiger partial charge in [-0.2, -0.15) is 20.1 Å². The summed E-state index contributed by atoms with van der Waals surface area (Å²) in [7, 11) is 1.76. The summed E-state index contributed by atoms with van der Waals surface area (Å²) in [4.78, 5) is 16.9. The molecule has 0 aliphatic heterocycles. The van der Waals surface area contributed by atoms with Crippen LogP contribution in [-0.4, -0.2) is 41.3 Å². The molecule has 3 aromatic rings. The molecular weight excluding hydrogens is 244 g/mol. The summed E-state index contributed by atoms with van der Waals surface area (Å²) in [5.74, 6) is 1.41. The average molecular weight is 256 g/mol. The molecule has 8 nitrogen and oxygen atoms in total. The van der Waals surface area contributed by atoms with Crippen LogP contribution in [0, 0.1) is 6.92 Å². The normalized spacial score (nSPS) is 10.6. The predicted molar refractivity (Wildman–Crippen MR) is 68.4 cm³/mol. The predicted octanol–water partition coefficient (Wildman–Crippen LogP) is 0.593. The van der Waals surface area contributed by atoms with E-state index in [2.05, 4.69) is 30.4 Å². The Balaban J connectivity index is 2.12. The Morgan fingerprint density at radius 3 is 2.58 bits per heavy atom. The summed E-state index contributed by atoms with van der Waals surface area (Å²) >= 11 is 0. The molecule has 8 heteroatoms. The van der Waals surface area contributed by atoms with Crippen molar-refractivity contribution in [1.29, 1.82) is 0 Å². The average Bonchev–Trinajstić information content (AvgIpc) is 3.09. The molecule has 0 saturated heterocycles. The molecule has 96 valence electrons. The fourth-order valence-electron chi connectivity index (χ4n) is 1.59. The smallest absolute Gasteiger partial charge is 0.257 e. The molecule has 1 N–H and O–H groups in total. The minimum atomic E-state index is 0.455. The zero-order valence-corrected chi connectivity index (χ0v) is 10.5. The van der Waals surface area contributed by atoms with Gasteiger partial charge in [0, 0.05) is 25.6 Å². The highest BCUT2D eigenvalue weighted by Gasteiger charge is 2.09. The van der Waals surface area contributed by atoms with Crippen LogP contribution in [-0.2, 0) is 0 Å². The van der Waals surface area contributed by atoms with Gasteiger partial charge in [-0.05, 0) is 13.0 Å². The first kappa shape index (κ1) is 11.3. The lowest BCUT2D eigenvalue weighted by atomic mass is 10.5. The van der Waals surface area contributed by atoms with Crippen molar-refractivity contribution < 1.29 is 0 Å². The zero-order valence-electron chi connectivity index (χ0n) is 10.5. The number of imidazole rings is 1. The summed E-state index contributed by atoms with van der Waals surface area (Å²) in [5, 5.41) is 7.20. The van der Waals surface area contributed by atoms with E-state index in [-0.39, 0.29) is 0 Å². The first-order valence-electron chi connectivity index (χ1n) is 5.71. The first-order chi connectivity index (χ1) is 9.26. The minimum absolute atomic E-state index is 0.455. The van der Waals surface area contributed by atoms with E-state index in [1.807, 2.05) is 19.2 Å². The number of aromatic nitrogens is 7.